The lowest BCUT2D eigenvalue weighted by Gasteiger charge is -2.41. The van der Waals surface area contributed by atoms with E-state index in [0.717, 1.165) is 37.8 Å². The second-order valence-corrected chi connectivity index (χ2v) is 15.5. The third-order valence-electron chi connectivity index (χ3n) is 9.79. The topological polar surface area (TPSA) is 103 Å². The Balaban J connectivity index is 1.51. The van der Waals surface area contributed by atoms with E-state index in [1.54, 1.807) is 0 Å². The maximum atomic E-state index is 14.6. The Morgan fingerprint density at radius 2 is 1.65 bits per heavy atom. The molecule has 0 aliphatic carbocycles. The molecule has 0 spiro atoms. The van der Waals surface area contributed by atoms with Gasteiger partial charge in [0.25, 0.3) is 5.91 Å². The Morgan fingerprint density at radius 1 is 0.942 bits per heavy atom. The van der Waals surface area contributed by atoms with Crippen molar-refractivity contribution in [2.45, 2.75) is 67.7 Å². The molecule has 2 saturated heterocycles. The summed E-state index contributed by atoms with van der Waals surface area (Å²) in [6.45, 7) is 2.28. The van der Waals surface area contributed by atoms with Crippen LogP contribution in [0, 0.1) is 0 Å². The molecule has 8 nitrogen and oxygen atoms in total. The average molecular weight is 749 g/mol. The van der Waals surface area contributed by atoms with E-state index in [2.05, 4.69) is 15.2 Å². The smallest absolute Gasteiger partial charge is 0.392 e. The van der Waals surface area contributed by atoms with Crippen molar-refractivity contribution in [1.82, 2.24) is 20.1 Å². The average Bonchev–Trinajstić information content (AvgIpc) is 3.09. The van der Waals surface area contributed by atoms with Gasteiger partial charge in [0.2, 0.25) is 0 Å². The molecule has 1 aromatic heterocycles. The molecular weight excluding hydrogens is 710 g/mol. The molecule has 3 heterocycles. The number of halogens is 6. The van der Waals surface area contributed by atoms with Crippen LogP contribution in [0.25, 0.3) is 22.2 Å². The van der Waals surface area contributed by atoms with Crippen LogP contribution < -0.4 is 5.32 Å². The summed E-state index contributed by atoms with van der Waals surface area (Å²) in [5.41, 5.74) is -1.52. The molecule has 278 valence electrons. The standard InChI is InChI=1S/C37H38F6N4O4S/c1-52(50,51)28-12-13-31-29(20-28)32(35(49)45-34(37(41,42)43)23-7-3-2-4-8-23)30(33(44-31)24-9-5-10-25(19-24)36(38,39)40)22-46-17-14-26(15-18-46)47-16-6-11-27(48)21-47/h2-5,7-10,12-13,19-20,26-27,34,48H,6,11,14-18,21-22H2,1H3,(H,45,49)/t27-,34-/m1/s1. The quantitative estimate of drug-likeness (QED) is 0.192. The van der Waals surface area contributed by atoms with Crippen molar-refractivity contribution in [2.24, 2.45) is 0 Å². The van der Waals surface area contributed by atoms with E-state index < -0.39 is 45.8 Å². The Hall–Kier alpha value is -4.05. The van der Waals surface area contributed by atoms with Gasteiger partial charge in [0.05, 0.1) is 33.3 Å². The maximum Gasteiger partial charge on any atom is 0.416 e. The minimum atomic E-state index is -4.94. The fourth-order valence-electron chi connectivity index (χ4n) is 7.19. The van der Waals surface area contributed by atoms with Crippen molar-refractivity contribution in [3.63, 3.8) is 0 Å². The number of alkyl halides is 6. The summed E-state index contributed by atoms with van der Waals surface area (Å²) in [7, 11) is -3.87. The van der Waals surface area contributed by atoms with Gasteiger partial charge in [0.15, 0.2) is 15.9 Å². The lowest BCUT2D eigenvalue weighted by molar-refractivity contribution is -0.155. The van der Waals surface area contributed by atoms with Crippen molar-refractivity contribution in [1.29, 1.82) is 0 Å². The first-order chi connectivity index (χ1) is 24.5. The number of aromatic nitrogens is 1. The van der Waals surface area contributed by atoms with Crippen molar-refractivity contribution < 1.29 is 44.7 Å². The van der Waals surface area contributed by atoms with Crippen LogP contribution in [0.3, 0.4) is 0 Å². The van der Waals surface area contributed by atoms with Crippen LogP contribution in [0.5, 0.6) is 0 Å². The third-order valence-corrected chi connectivity index (χ3v) is 10.9. The highest BCUT2D eigenvalue weighted by molar-refractivity contribution is 7.90. The summed E-state index contributed by atoms with van der Waals surface area (Å²) < 4.78 is 111. The first kappa shape index (κ1) is 37.7. The van der Waals surface area contributed by atoms with Crippen molar-refractivity contribution in [3.8, 4) is 11.3 Å². The minimum Gasteiger partial charge on any atom is -0.392 e. The number of nitrogens with one attached hydrogen (secondary N) is 1. The molecule has 0 bridgehead atoms. The zero-order valence-corrected chi connectivity index (χ0v) is 29.0. The zero-order valence-electron chi connectivity index (χ0n) is 28.2. The number of β-amino-alcohol motifs (C(OH)–C–C–N with tert-alkyl or cyclic N) is 1. The lowest BCUT2D eigenvalue weighted by Crippen LogP contribution is -2.49. The number of likely N-dealkylation sites (tertiary alicyclic amines) is 2. The van der Waals surface area contributed by atoms with Crippen molar-refractivity contribution in [3.05, 3.63) is 95.1 Å². The molecule has 52 heavy (non-hydrogen) atoms. The number of hydrogen-bond acceptors (Lipinski definition) is 7. The number of amides is 1. The number of benzene rings is 3. The summed E-state index contributed by atoms with van der Waals surface area (Å²) in [5.74, 6) is -1.19. The van der Waals surface area contributed by atoms with E-state index in [-0.39, 0.29) is 56.3 Å². The second-order valence-electron chi connectivity index (χ2n) is 13.5. The van der Waals surface area contributed by atoms with Gasteiger partial charge in [0.1, 0.15) is 0 Å². The van der Waals surface area contributed by atoms with E-state index in [1.807, 2.05) is 4.90 Å². The maximum absolute atomic E-state index is 14.6. The molecule has 4 aromatic rings. The summed E-state index contributed by atoms with van der Waals surface area (Å²) in [4.78, 5) is 23.0. The normalized spacial score (nSPS) is 19.1. The number of pyridine rings is 1. The fourth-order valence-corrected chi connectivity index (χ4v) is 7.84. The minimum absolute atomic E-state index is 0.0133. The van der Waals surface area contributed by atoms with Crippen LogP contribution >= 0.6 is 0 Å². The Bertz CT molecular complexity index is 2030. The van der Waals surface area contributed by atoms with E-state index >= 15 is 0 Å². The Labute approximate surface area is 297 Å². The summed E-state index contributed by atoms with van der Waals surface area (Å²) in [6.07, 6.45) is -6.19. The molecule has 2 atom stereocenters. The third kappa shape index (κ3) is 8.43. The van der Waals surface area contributed by atoms with Gasteiger partial charge in [-0.05, 0) is 81.2 Å². The van der Waals surface area contributed by atoms with Crippen molar-refractivity contribution in [2.75, 3.05) is 32.4 Å². The fraction of sp³-hybridized carbons (Fsp3) is 0.405. The van der Waals surface area contributed by atoms with Crippen LogP contribution in [-0.2, 0) is 22.6 Å². The van der Waals surface area contributed by atoms with E-state index in [1.165, 1.54) is 60.7 Å². The molecule has 3 aromatic carbocycles. The predicted octanol–water partition coefficient (Wildman–Crippen LogP) is 6.78. The lowest BCUT2D eigenvalue weighted by atomic mass is 9.93. The van der Waals surface area contributed by atoms with E-state index in [4.69, 9.17) is 0 Å². The number of hydrogen-bond donors (Lipinski definition) is 2. The number of carbonyl (C=O) groups excluding carboxylic acids is 1. The SMILES string of the molecule is CS(=O)(=O)c1ccc2nc(-c3cccc(C(F)(F)F)c3)c(CN3CCC(N4CCC[C@@H](O)C4)CC3)c(C(=O)N[C@H](c3ccccc3)C(F)(F)F)c2c1. The number of nitrogens with zero attached hydrogens (tertiary/aromatic N) is 3. The molecule has 2 N–H and O–H groups in total. The summed E-state index contributed by atoms with van der Waals surface area (Å²) >= 11 is 0. The van der Waals surface area contributed by atoms with E-state index in [9.17, 15) is 44.7 Å². The number of rotatable bonds is 8. The van der Waals surface area contributed by atoms with Crippen LogP contribution in [0.4, 0.5) is 26.3 Å². The number of fused-ring (bicyclic) bond motifs is 1. The van der Waals surface area contributed by atoms with Crippen molar-refractivity contribution >= 4 is 26.6 Å². The van der Waals surface area contributed by atoms with Gasteiger partial charge in [-0.1, -0.05) is 42.5 Å². The summed E-state index contributed by atoms with van der Waals surface area (Å²) in [6, 6.07) is 12.5. The van der Waals surface area contributed by atoms with Crippen LogP contribution in [-0.4, -0.2) is 85.0 Å². The molecule has 0 saturated carbocycles. The molecule has 1 amide bonds. The molecule has 2 aliphatic heterocycles. The second kappa shape index (κ2) is 14.8. The molecule has 0 unspecified atom stereocenters. The molecule has 2 aliphatic rings. The predicted molar refractivity (Wildman–Crippen MR) is 183 cm³/mol. The number of carbonyl (C=O) groups is 1. The first-order valence-corrected chi connectivity index (χ1v) is 18.8. The number of piperidine rings is 2. The number of aliphatic hydroxyl groups excluding tert-OH is 1. The molecule has 6 rings (SSSR count). The highest BCUT2D eigenvalue weighted by atomic mass is 32.2. The van der Waals surface area contributed by atoms with Gasteiger partial charge < -0.3 is 10.4 Å². The zero-order chi connectivity index (χ0) is 37.4. The largest absolute Gasteiger partial charge is 0.416 e. The monoisotopic (exact) mass is 748 g/mol. The van der Waals surface area contributed by atoms with Crippen LogP contribution in [0.15, 0.2) is 77.7 Å². The van der Waals surface area contributed by atoms with Crippen LogP contribution in [0.2, 0.25) is 0 Å². The Kier molecular flexibility index (Phi) is 10.7. The highest BCUT2D eigenvalue weighted by Crippen LogP contribution is 2.38. The van der Waals surface area contributed by atoms with Gasteiger partial charge in [-0.25, -0.2) is 13.4 Å². The highest BCUT2D eigenvalue weighted by Gasteiger charge is 2.43. The van der Waals surface area contributed by atoms with Crippen LogP contribution in [0.1, 0.15) is 58.8 Å². The van der Waals surface area contributed by atoms with Gasteiger partial charge in [-0.3, -0.25) is 14.6 Å². The number of sulfone groups is 1. The number of aliphatic hydroxyl groups is 1. The van der Waals surface area contributed by atoms with Gasteiger partial charge >= 0.3 is 12.4 Å². The summed E-state index contributed by atoms with van der Waals surface area (Å²) in [5, 5.41) is 12.3. The van der Waals surface area contributed by atoms with Gasteiger partial charge in [-0.15, -0.1) is 0 Å². The van der Waals surface area contributed by atoms with Gasteiger partial charge in [0, 0.05) is 41.9 Å². The molecule has 2 fully saturated rings. The molecular formula is C37H38F6N4O4S. The molecule has 0 radical (unpaired) electrons. The van der Waals surface area contributed by atoms with Gasteiger partial charge in [-0.2, -0.15) is 26.3 Å². The Morgan fingerprint density at radius 3 is 2.29 bits per heavy atom. The molecule has 15 heteroatoms. The van der Waals surface area contributed by atoms with E-state index in [0.29, 0.717) is 32.5 Å². The first-order valence-electron chi connectivity index (χ1n) is 16.9.